The Balaban J connectivity index is 2.55. The maximum atomic E-state index is 13.1. The highest BCUT2D eigenvalue weighted by Gasteiger charge is 2.28. The summed E-state index contributed by atoms with van der Waals surface area (Å²) in [6.45, 7) is 1.53. The van der Waals surface area contributed by atoms with Gasteiger partial charge in [0.2, 0.25) is 5.91 Å². The van der Waals surface area contributed by atoms with Crippen molar-refractivity contribution in [3.05, 3.63) is 53.1 Å². The van der Waals surface area contributed by atoms with Crippen LogP contribution in [0.15, 0.2) is 47.4 Å². The Morgan fingerprint density at radius 1 is 1.12 bits per heavy atom. The summed E-state index contributed by atoms with van der Waals surface area (Å²) < 4.78 is 32.5. The molecule has 2 rings (SSSR count). The Kier molecular flexibility index (Phi) is 6.15. The van der Waals surface area contributed by atoms with E-state index in [0.29, 0.717) is 5.75 Å². The molecule has 2 aromatic carbocycles. The number of sulfonamides is 1. The van der Waals surface area contributed by atoms with Crippen LogP contribution < -0.4 is 9.04 Å². The zero-order valence-electron chi connectivity index (χ0n) is 15.1. The molecule has 0 radical (unpaired) electrons. The highest BCUT2D eigenvalue weighted by molar-refractivity contribution is 7.92. The lowest BCUT2D eigenvalue weighted by atomic mass is 10.2. The molecule has 0 aliphatic rings. The van der Waals surface area contributed by atoms with E-state index in [4.69, 9.17) is 16.3 Å². The van der Waals surface area contributed by atoms with E-state index in [2.05, 4.69) is 0 Å². The van der Waals surface area contributed by atoms with Crippen molar-refractivity contribution in [2.75, 3.05) is 32.1 Å². The molecule has 0 heterocycles. The molecule has 0 aliphatic heterocycles. The SMILES string of the molecule is COc1ccc(N(CC(=O)N(C)C)S(=O)(=O)c2ccc(C)cc2)cc1Cl. The molecule has 0 unspecified atom stereocenters. The zero-order chi connectivity index (χ0) is 19.5. The fourth-order valence-electron chi connectivity index (χ4n) is 2.23. The lowest BCUT2D eigenvalue weighted by molar-refractivity contribution is -0.127. The number of ether oxygens (including phenoxy) is 1. The van der Waals surface area contributed by atoms with Crippen LogP contribution in [0.1, 0.15) is 5.56 Å². The van der Waals surface area contributed by atoms with E-state index in [1.54, 1.807) is 38.4 Å². The lowest BCUT2D eigenvalue weighted by Gasteiger charge is -2.26. The van der Waals surface area contributed by atoms with Crippen LogP contribution in [0.2, 0.25) is 5.02 Å². The van der Waals surface area contributed by atoms with E-state index in [1.165, 1.54) is 30.2 Å². The summed E-state index contributed by atoms with van der Waals surface area (Å²) >= 11 is 6.15. The minimum absolute atomic E-state index is 0.0987. The minimum atomic E-state index is -3.95. The third kappa shape index (κ3) is 4.28. The Morgan fingerprint density at radius 3 is 2.23 bits per heavy atom. The standard InChI is InChI=1S/C18H21ClN2O4S/c1-13-5-8-15(9-6-13)26(23,24)21(12-18(22)20(2)3)14-7-10-17(25-4)16(19)11-14/h5-11H,12H2,1-4H3. The second-order valence-electron chi connectivity index (χ2n) is 5.93. The summed E-state index contributed by atoms with van der Waals surface area (Å²) in [7, 11) is 0.659. The van der Waals surface area contributed by atoms with Gasteiger partial charge >= 0.3 is 0 Å². The van der Waals surface area contributed by atoms with Gasteiger partial charge in [0.25, 0.3) is 10.0 Å². The number of methoxy groups -OCH3 is 1. The maximum absolute atomic E-state index is 13.1. The summed E-state index contributed by atoms with van der Waals surface area (Å²) in [5.41, 5.74) is 1.22. The molecule has 0 fully saturated rings. The third-order valence-corrected chi connectivity index (χ3v) is 5.89. The number of aryl methyl sites for hydroxylation is 1. The van der Waals surface area contributed by atoms with Crippen molar-refractivity contribution in [3.63, 3.8) is 0 Å². The monoisotopic (exact) mass is 396 g/mol. The van der Waals surface area contributed by atoms with Gasteiger partial charge in [0.05, 0.1) is 22.7 Å². The maximum Gasteiger partial charge on any atom is 0.264 e. The van der Waals surface area contributed by atoms with E-state index in [0.717, 1.165) is 9.87 Å². The van der Waals surface area contributed by atoms with Gasteiger partial charge in [-0.05, 0) is 37.3 Å². The zero-order valence-corrected chi connectivity index (χ0v) is 16.6. The molecule has 0 N–H and O–H groups in total. The Hall–Kier alpha value is -2.25. The second-order valence-corrected chi connectivity index (χ2v) is 8.20. The first kappa shape index (κ1) is 20.1. The predicted molar refractivity (Wildman–Crippen MR) is 102 cm³/mol. The van der Waals surface area contributed by atoms with E-state index < -0.39 is 10.0 Å². The van der Waals surface area contributed by atoms with Crippen LogP contribution in [0.4, 0.5) is 5.69 Å². The van der Waals surface area contributed by atoms with Gasteiger partial charge in [0.1, 0.15) is 12.3 Å². The van der Waals surface area contributed by atoms with Crippen LogP contribution in [0.25, 0.3) is 0 Å². The van der Waals surface area contributed by atoms with Crippen molar-refractivity contribution in [2.24, 2.45) is 0 Å². The van der Waals surface area contributed by atoms with Crippen LogP contribution >= 0.6 is 11.6 Å². The van der Waals surface area contributed by atoms with Crippen molar-refractivity contribution in [1.82, 2.24) is 4.90 Å². The van der Waals surface area contributed by atoms with Gasteiger partial charge in [0, 0.05) is 14.1 Å². The first-order valence-electron chi connectivity index (χ1n) is 7.80. The molecule has 2 aromatic rings. The molecule has 6 nitrogen and oxygen atoms in total. The molecular formula is C18H21ClN2O4S. The smallest absolute Gasteiger partial charge is 0.264 e. The number of hydrogen-bond donors (Lipinski definition) is 0. The molecule has 1 amide bonds. The van der Waals surface area contributed by atoms with Crippen molar-refractivity contribution in [1.29, 1.82) is 0 Å². The van der Waals surface area contributed by atoms with Gasteiger partial charge in [-0.25, -0.2) is 8.42 Å². The number of carbonyl (C=O) groups excluding carboxylic acids is 1. The summed E-state index contributed by atoms with van der Waals surface area (Å²) in [4.78, 5) is 13.7. The first-order chi connectivity index (χ1) is 12.2. The van der Waals surface area contributed by atoms with Gasteiger partial charge in [-0.2, -0.15) is 0 Å². The second kappa shape index (κ2) is 7.97. The molecule has 8 heteroatoms. The van der Waals surface area contributed by atoms with E-state index >= 15 is 0 Å². The summed E-state index contributed by atoms with van der Waals surface area (Å²) in [5.74, 6) is 0.0645. The predicted octanol–water partition coefficient (Wildman–Crippen LogP) is 2.94. The first-order valence-corrected chi connectivity index (χ1v) is 9.61. The number of likely N-dealkylation sites (N-methyl/N-ethyl adjacent to an activating group) is 1. The lowest BCUT2D eigenvalue weighted by Crippen LogP contribution is -2.40. The fraction of sp³-hybridized carbons (Fsp3) is 0.278. The van der Waals surface area contributed by atoms with Crippen molar-refractivity contribution >= 4 is 33.2 Å². The van der Waals surface area contributed by atoms with E-state index in [-0.39, 0.29) is 28.1 Å². The molecule has 0 spiro atoms. The summed E-state index contributed by atoms with van der Waals surface area (Å²) in [6.07, 6.45) is 0. The number of benzene rings is 2. The van der Waals surface area contributed by atoms with Gasteiger partial charge in [-0.15, -0.1) is 0 Å². The molecule has 0 bridgehead atoms. The average molecular weight is 397 g/mol. The number of hydrogen-bond acceptors (Lipinski definition) is 4. The molecule has 140 valence electrons. The van der Waals surface area contributed by atoms with Crippen LogP contribution in [-0.2, 0) is 14.8 Å². The van der Waals surface area contributed by atoms with Gasteiger partial charge in [-0.1, -0.05) is 29.3 Å². The Labute approximate surface area is 159 Å². The molecule has 0 saturated heterocycles. The molecule has 0 aliphatic carbocycles. The van der Waals surface area contributed by atoms with Crippen LogP contribution in [0.3, 0.4) is 0 Å². The minimum Gasteiger partial charge on any atom is -0.495 e. The van der Waals surface area contributed by atoms with E-state index in [9.17, 15) is 13.2 Å². The van der Waals surface area contributed by atoms with Crippen molar-refractivity contribution < 1.29 is 17.9 Å². The molecule has 0 aromatic heterocycles. The summed E-state index contributed by atoms with van der Waals surface area (Å²) in [6, 6.07) is 11.0. The average Bonchev–Trinajstić information content (AvgIpc) is 2.59. The molecule has 26 heavy (non-hydrogen) atoms. The number of amides is 1. The van der Waals surface area contributed by atoms with Gasteiger partial charge in [-0.3, -0.25) is 9.10 Å². The molecule has 0 atom stereocenters. The van der Waals surface area contributed by atoms with Gasteiger partial charge < -0.3 is 9.64 Å². The quantitative estimate of drug-likeness (QED) is 0.752. The van der Waals surface area contributed by atoms with Crippen molar-refractivity contribution in [2.45, 2.75) is 11.8 Å². The van der Waals surface area contributed by atoms with Crippen molar-refractivity contribution in [3.8, 4) is 5.75 Å². The molecule has 0 saturated carbocycles. The van der Waals surface area contributed by atoms with Crippen LogP contribution in [-0.4, -0.2) is 47.0 Å². The number of carbonyl (C=O) groups is 1. The largest absolute Gasteiger partial charge is 0.495 e. The third-order valence-electron chi connectivity index (χ3n) is 3.81. The normalized spacial score (nSPS) is 11.1. The Morgan fingerprint density at radius 2 is 1.73 bits per heavy atom. The number of halogens is 1. The molecular weight excluding hydrogens is 376 g/mol. The van der Waals surface area contributed by atoms with Crippen LogP contribution in [0.5, 0.6) is 5.75 Å². The van der Waals surface area contributed by atoms with Gasteiger partial charge in [0.15, 0.2) is 0 Å². The topological polar surface area (TPSA) is 66.9 Å². The number of anilines is 1. The summed E-state index contributed by atoms with van der Waals surface area (Å²) in [5, 5.41) is 0.256. The Bertz CT molecular complexity index is 896. The highest BCUT2D eigenvalue weighted by Crippen LogP contribution is 2.32. The van der Waals surface area contributed by atoms with E-state index in [1.807, 2.05) is 6.92 Å². The highest BCUT2D eigenvalue weighted by atomic mass is 35.5. The number of nitrogens with zero attached hydrogens (tertiary/aromatic N) is 2. The number of rotatable bonds is 6. The fourth-order valence-corrected chi connectivity index (χ4v) is 3.89. The van der Waals surface area contributed by atoms with Crippen LogP contribution in [0, 0.1) is 6.92 Å².